The molecule has 7 nitrogen and oxygen atoms in total. The van der Waals surface area contributed by atoms with Crippen LogP contribution in [0.5, 0.6) is 0 Å². The first-order valence-electron chi connectivity index (χ1n) is 4.81. The fourth-order valence-corrected chi connectivity index (χ4v) is 1.31. The molecule has 0 aliphatic carbocycles. The van der Waals surface area contributed by atoms with Gasteiger partial charge in [-0.2, -0.15) is 0 Å². The highest BCUT2D eigenvalue weighted by atomic mass is 16.6. The van der Waals surface area contributed by atoms with Crippen molar-refractivity contribution in [3.63, 3.8) is 0 Å². The fraction of sp³-hybridized carbons (Fsp3) is 0.500. The molecule has 0 aliphatic heterocycles. The zero-order valence-electron chi connectivity index (χ0n) is 9.67. The maximum Gasteiger partial charge on any atom is 0.433 e. The Morgan fingerprint density at radius 2 is 2.18 bits per heavy atom. The number of rotatable bonds is 4. The summed E-state index contributed by atoms with van der Waals surface area (Å²) in [6, 6.07) is 2.52. The normalized spacial score (nSPS) is 13.2. The molecule has 1 N–H and O–H groups in total. The van der Waals surface area contributed by atoms with Crippen LogP contribution in [0.4, 0.5) is 5.88 Å². The second kappa shape index (κ2) is 4.54. The number of carbonyl (C=O) groups excluding carboxylic acids is 1. The quantitative estimate of drug-likeness (QED) is 0.480. The van der Waals surface area contributed by atoms with Gasteiger partial charge in [0.1, 0.15) is 10.7 Å². The van der Waals surface area contributed by atoms with Gasteiger partial charge >= 0.3 is 11.9 Å². The van der Waals surface area contributed by atoms with Crippen LogP contribution < -0.4 is 0 Å². The van der Waals surface area contributed by atoms with E-state index in [4.69, 9.17) is 4.42 Å². The molecule has 0 saturated heterocycles. The first-order valence-corrected chi connectivity index (χ1v) is 4.81. The lowest BCUT2D eigenvalue weighted by atomic mass is 9.84. The third-order valence-electron chi connectivity index (χ3n) is 2.51. The number of aliphatic hydroxyl groups excluding tert-OH is 1. The van der Waals surface area contributed by atoms with Crippen LogP contribution in [0, 0.1) is 10.1 Å². The largest absolute Gasteiger partial charge is 0.467 e. The number of nitrogens with zero attached hydrogens (tertiary/aromatic N) is 1. The molecule has 7 heteroatoms. The molecule has 0 bridgehead atoms. The van der Waals surface area contributed by atoms with E-state index in [1.54, 1.807) is 0 Å². The Labute approximate surface area is 97.1 Å². The number of esters is 1. The van der Waals surface area contributed by atoms with Gasteiger partial charge in [-0.25, -0.2) is 4.79 Å². The van der Waals surface area contributed by atoms with Crippen molar-refractivity contribution in [1.82, 2.24) is 0 Å². The lowest BCUT2D eigenvalue weighted by molar-refractivity contribution is -0.402. The molecule has 17 heavy (non-hydrogen) atoms. The SMILES string of the molecule is COC(=O)C(O)C(C)(C)c1ccc([N+](=O)[O-])o1. The minimum atomic E-state index is -1.46. The lowest BCUT2D eigenvalue weighted by Gasteiger charge is -2.25. The topological polar surface area (TPSA) is 103 Å². The summed E-state index contributed by atoms with van der Waals surface area (Å²) in [5.74, 6) is -1.12. The number of aliphatic hydroxyl groups is 1. The summed E-state index contributed by atoms with van der Waals surface area (Å²) in [7, 11) is 1.15. The van der Waals surface area contributed by atoms with Crippen LogP contribution in [0.25, 0.3) is 0 Å². The standard InChI is InChI=1S/C10H13NO6/c1-10(2,8(12)9(13)16-3)6-4-5-7(17-6)11(14)15/h4-5,8,12H,1-3H3. The van der Waals surface area contributed by atoms with Crippen molar-refractivity contribution < 1.29 is 24.0 Å². The van der Waals surface area contributed by atoms with E-state index in [1.165, 1.54) is 26.0 Å². The van der Waals surface area contributed by atoms with E-state index in [0.29, 0.717) is 0 Å². The second-order valence-corrected chi connectivity index (χ2v) is 4.04. The van der Waals surface area contributed by atoms with E-state index in [-0.39, 0.29) is 5.76 Å². The van der Waals surface area contributed by atoms with E-state index >= 15 is 0 Å². The van der Waals surface area contributed by atoms with Gasteiger partial charge in [-0.05, 0) is 19.9 Å². The molecule has 1 atom stereocenters. The zero-order chi connectivity index (χ0) is 13.2. The molecule has 0 aromatic carbocycles. The van der Waals surface area contributed by atoms with Gasteiger partial charge in [0.15, 0.2) is 6.10 Å². The molecule has 0 fully saturated rings. The van der Waals surface area contributed by atoms with Gasteiger partial charge in [0.05, 0.1) is 18.6 Å². The first kappa shape index (κ1) is 13.2. The Morgan fingerprint density at radius 3 is 2.59 bits per heavy atom. The summed E-state index contributed by atoms with van der Waals surface area (Å²) in [5.41, 5.74) is -1.11. The molecule has 0 aliphatic rings. The Balaban J connectivity index is 3.03. The minimum absolute atomic E-state index is 0.141. The van der Waals surface area contributed by atoms with Crippen LogP contribution in [0.2, 0.25) is 0 Å². The van der Waals surface area contributed by atoms with Crippen LogP contribution in [0.1, 0.15) is 19.6 Å². The van der Waals surface area contributed by atoms with Crippen LogP contribution in [-0.2, 0) is 14.9 Å². The van der Waals surface area contributed by atoms with Gasteiger partial charge < -0.3 is 14.3 Å². The predicted molar refractivity (Wildman–Crippen MR) is 56.4 cm³/mol. The molecule has 1 aromatic heterocycles. The molecule has 1 unspecified atom stereocenters. The molecule has 0 spiro atoms. The number of ether oxygens (including phenoxy) is 1. The molecule has 1 aromatic rings. The van der Waals surface area contributed by atoms with E-state index in [2.05, 4.69) is 4.74 Å². The Kier molecular flexibility index (Phi) is 3.52. The summed E-state index contributed by atoms with van der Waals surface area (Å²) >= 11 is 0. The molecule has 94 valence electrons. The molecular formula is C10H13NO6. The Bertz CT molecular complexity index is 436. The van der Waals surface area contributed by atoms with Crippen LogP contribution in [0.15, 0.2) is 16.5 Å². The predicted octanol–water partition coefficient (Wildman–Crippen LogP) is 0.999. The number of furan rings is 1. The van der Waals surface area contributed by atoms with Gasteiger partial charge in [0.2, 0.25) is 0 Å². The molecule has 1 rings (SSSR count). The molecule has 0 saturated carbocycles. The van der Waals surface area contributed by atoms with Gasteiger partial charge in [0, 0.05) is 0 Å². The zero-order valence-corrected chi connectivity index (χ0v) is 9.67. The molecule has 0 radical (unpaired) electrons. The maximum absolute atomic E-state index is 11.2. The smallest absolute Gasteiger partial charge is 0.433 e. The van der Waals surface area contributed by atoms with Crippen molar-refractivity contribution in [3.05, 3.63) is 28.0 Å². The van der Waals surface area contributed by atoms with Crippen LogP contribution in [0.3, 0.4) is 0 Å². The van der Waals surface area contributed by atoms with Gasteiger partial charge in [-0.1, -0.05) is 0 Å². The summed E-state index contributed by atoms with van der Waals surface area (Å²) in [5, 5.41) is 20.2. The molecule has 1 heterocycles. The fourth-order valence-electron chi connectivity index (χ4n) is 1.31. The van der Waals surface area contributed by atoms with Gasteiger partial charge in [-0.15, -0.1) is 0 Å². The van der Waals surface area contributed by atoms with E-state index in [1.807, 2.05) is 0 Å². The van der Waals surface area contributed by atoms with Gasteiger partial charge in [-0.3, -0.25) is 10.1 Å². The summed E-state index contributed by atoms with van der Waals surface area (Å²) in [6.45, 7) is 3.05. The molecular weight excluding hydrogens is 230 g/mol. The number of hydrogen-bond donors (Lipinski definition) is 1. The van der Waals surface area contributed by atoms with Crippen molar-refractivity contribution >= 4 is 11.9 Å². The Morgan fingerprint density at radius 1 is 1.59 bits per heavy atom. The monoisotopic (exact) mass is 243 g/mol. The summed E-state index contributed by atoms with van der Waals surface area (Å²) in [6.07, 6.45) is -1.46. The third kappa shape index (κ3) is 2.44. The van der Waals surface area contributed by atoms with Crippen molar-refractivity contribution in [2.75, 3.05) is 7.11 Å². The number of carbonyl (C=O) groups is 1. The number of nitro groups is 1. The van der Waals surface area contributed by atoms with E-state index in [9.17, 15) is 20.0 Å². The van der Waals surface area contributed by atoms with Crippen molar-refractivity contribution in [2.24, 2.45) is 0 Å². The van der Waals surface area contributed by atoms with E-state index < -0.39 is 28.3 Å². The second-order valence-electron chi connectivity index (χ2n) is 4.04. The molecule has 0 amide bonds. The first-order chi connectivity index (χ1) is 7.80. The highest BCUT2D eigenvalue weighted by molar-refractivity contribution is 5.76. The summed E-state index contributed by atoms with van der Waals surface area (Å²) in [4.78, 5) is 21.0. The Hall–Kier alpha value is -1.89. The minimum Gasteiger partial charge on any atom is -0.467 e. The maximum atomic E-state index is 11.2. The van der Waals surface area contributed by atoms with Gasteiger partial charge in [0.25, 0.3) is 0 Å². The average Bonchev–Trinajstić information content (AvgIpc) is 2.76. The lowest BCUT2D eigenvalue weighted by Crippen LogP contribution is -2.40. The van der Waals surface area contributed by atoms with Crippen LogP contribution >= 0.6 is 0 Å². The number of hydrogen-bond acceptors (Lipinski definition) is 6. The number of methoxy groups -OCH3 is 1. The van der Waals surface area contributed by atoms with Crippen molar-refractivity contribution in [1.29, 1.82) is 0 Å². The van der Waals surface area contributed by atoms with Crippen molar-refractivity contribution in [2.45, 2.75) is 25.4 Å². The van der Waals surface area contributed by atoms with E-state index in [0.717, 1.165) is 7.11 Å². The third-order valence-corrected chi connectivity index (χ3v) is 2.51. The summed E-state index contributed by atoms with van der Waals surface area (Å²) < 4.78 is 9.37. The van der Waals surface area contributed by atoms with Crippen molar-refractivity contribution in [3.8, 4) is 0 Å². The highest BCUT2D eigenvalue weighted by Crippen LogP contribution is 2.31. The average molecular weight is 243 g/mol. The van der Waals surface area contributed by atoms with Crippen LogP contribution in [-0.4, -0.2) is 29.2 Å². The highest BCUT2D eigenvalue weighted by Gasteiger charge is 2.39.